The van der Waals surface area contributed by atoms with Crippen LogP contribution in [0.2, 0.25) is 36.3 Å². The van der Waals surface area contributed by atoms with Crippen LogP contribution >= 0.6 is 0 Å². The van der Waals surface area contributed by atoms with Gasteiger partial charge in [0, 0.05) is 32.3 Å². The molecule has 3 fully saturated rings. The predicted octanol–water partition coefficient (Wildman–Crippen LogP) is 9.29. The zero-order valence-corrected chi connectivity index (χ0v) is 46.4. The fourth-order valence-electron chi connectivity index (χ4n) is 8.63. The van der Waals surface area contributed by atoms with Gasteiger partial charge in [0.25, 0.3) is 10.1 Å². The average Bonchev–Trinajstić information content (AvgIpc) is 3.92. The first-order valence-corrected chi connectivity index (χ1v) is 33.2. The van der Waals surface area contributed by atoms with Crippen LogP contribution in [0.3, 0.4) is 0 Å². The second kappa shape index (κ2) is 23.3. The Morgan fingerprint density at radius 1 is 0.879 bits per heavy atom. The summed E-state index contributed by atoms with van der Waals surface area (Å²) in [6.07, 6.45) is 0.255. The molecule has 1 N–H and O–H groups in total. The minimum absolute atomic E-state index is 0.0181. The van der Waals surface area contributed by atoms with Gasteiger partial charge in [0.1, 0.15) is 0 Å². The van der Waals surface area contributed by atoms with Gasteiger partial charge < -0.3 is 37.6 Å². The summed E-state index contributed by atoms with van der Waals surface area (Å²) in [6, 6.07) is 6.81. The van der Waals surface area contributed by atoms with Gasteiger partial charge in [-0.25, -0.2) is 8.42 Å². The van der Waals surface area contributed by atoms with Crippen molar-refractivity contribution in [1.82, 2.24) is 0 Å². The first-order valence-electron chi connectivity index (χ1n) is 23.9. The van der Waals surface area contributed by atoms with E-state index in [9.17, 15) is 21.9 Å². The largest absolute Gasteiger partial charge is 0.414 e. The lowest BCUT2D eigenvalue weighted by molar-refractivity contribution is -0.0588. The first-order chi connectivity index (χ1) is 30.3. The lowest BCUT2D eigenvalue weighted by Crippen LogP contribution is -2.49. The third-order valence-corrected chi connectivity index (χ3v) is 26.3. The number of aliphatic hydroxyl groups excluding tert-OH is 1. The molecule has 1 aromatic carbocycles. The molecule has 4 rings (SSSR count). The Morgan fingerprint density at radius 2 is 1.48 bits per heavy atom. The van der Waals surface area contributed by atoms with Crippen LogP contribution in [0.4, 0.5) is 0 Å². The molecule has 66 heavy (non-hydrogen) atoms. The van der Waals surface area contributed by atoms with Crippen LogP contribution in [-0.4, -0.2) is 133 Å². The van der Waals surface area contributed by atoms with E-state index in [1.54, 1.807) is 31.4 Å². The van der Waals surface area contributed by atoms with E-state index in [0.717, 1.165) is 30.2 Å². The molecule has 3 saturated heterocycles. The molecule has 3 aliphatic heterocycles. The third-order valence-electron chi connectivity index (χ3n) is 14.8. The van der Waals surface area contributed by atoms with Gasteiger partial charge in [-0.15, -0.1) is 0 Å². The van der Waals surface area contributed by atoms with Crippen molar-refractivity contribution in [1.29, 1.82) is 0 Å². The average molecular weight is 1000 g/mol. The first kappa shape index (κ1) is 57.3. The number of methoxy groups -OCH3 is 1. The maximum absolute atomic E-state index is 14.2. The van der Waals surface area contributed by atoms with Crippen molar-refractivity contribution in [3.8, 4) is 0 Å². The molecule has 10 atom stereocenters. The van der Waals surface area contributed by atoms with Crippen molar-refractivity contribution >= 4 is 36.6 Å². The monoisotopic (exact) mass is 1000 g/mol. The zero-order chi connectivity index (χ0) is 49.6. The molecule has 17 heteroatoms. The molecule has 0 spiro atoms. The van der Waals surface area contributed by atoms with Gasteiger partial charge in [0.2, 0.25) is 0 Å². The predicted molar refractivity (Wildman–Crippen MR) is 266 cm³/mol. The highest BCUT2D eigenvalue weighted by Gasteiger charge is 2.50. The van der Waals surface area contributed by atoms with Crippen LogP contribution in [0, 0.1) is 18.8 Å². The van der Waals surface area contributed by atoms with Crippen LogP contribution in [-0.2, 0) is 56.7 Å². The van der Waals surface area contributed by atoms with Crippen LogP contribution in [0.1, 0.15) is 105 Å². The molecule has 380 valence electrons. The van der Waals surface area contributed by atoms with Gasteiger partial charge in [-0.1, -0.05) is 79.3 Å². The van der Waals surface area contributed by atoms with E-state index in [4.69, 9.17) is 36.7 Å². The molecule has 3 aliphatic rings. The molecule has 0 amide bonds. The van der Waals surface area contributed by atoms with Crippen molar-refractivity contribution < 1.29 is 58.7 Å². The Kier molecular flexibility index (Phi) is 20.2. The molecule has 0 radical (unpaired) electrons. The Bertz CT molecular complexity index is 1950. The normalized spacial score (nSPS) is 25.9. The molecule has 1 unspecified atom stereocenters. The Balaban J connectivity index is 1.54. The lowest BCUT2D eigenvalue weighted by atomic mass is 9.86. The van der Waals surface area contributed by atoms with Crippen LogP contribution < -0.4 is 0 Å². The number of aliphatic hydroxyl groups is 1. The van der Waals surface area contributed by atoms with E-state index in [2.05, 4.69) is 80.9 Å². The summed E-state index contributed by atoms with van der Waals surface area (Å²) in [5.41, 5.74) is 2.38. The number of benzene rings is 1. The third kappa shape index (κ3) is 16.4. The van der Waals surface area contributed by atoms with Gasteiger partial charge in [-0.05, 0) is 104 Å². The number of ether oxygens (including phenoxy) is 5. The van der Waals surface area contributed by atoms with Gasteiger partial charge in [-0.3, -0.25) is 4.18 Å². The van der Waals surface area contributed by atoms with E-state index in [-0.39, 0.29) is 64.1 Å². The molecule has 0 aliphatic carbocycles. The number of hydrogen-bond donors (Lipinski definition) is 1. The van der Waals surface area contributed by atoms with Crippen molar-refractivity contribution in [3.63, 3.8) is 0 Å². The zero-order valence-electron chi connectivity index (χ0n) is 42.7. The van der Waals surface area contributed by atoms with Crippen LogP contribution in [0.5, 0.6) is 0 Å². The molecule has 1 aromatic rings. The van der Waals surface area contributed by atoms with E-state index in [0.29, 0.717) is 51.1 Å². The van der Waals surface area contributed by atoms with Crippen molar-refractivity contribution in [3.05, 3.63) is 54.1 Å². The topological polar surface area (TPSA) is 162 Å². The maximum atomic E-state index is 14.2. The number of hydrogen-bond acceptors (Lipinski definition) is 13. The number of rotatable bonds is 25. The van der Waals surface area contributed by atoms with Crippen molar-refractivity contribution in [2.75, 3.05) is 38.9 Å². The second-order valence-electron chi connectivity index (χ2n) is 22.3. The van der Waals surface area contributed by atoms with Crippen LogP contribution in [0.25, 0.3) is 0 Å². The quantitative estimate of drug-likeness (QED) is 0.0561. The fourth-order valence-corrected chi connectivity index (χ4v) is 13.3. The summed E-state index contributed by atoms with van der Waals surface area (Å²) in [7, 11) is -10.6. The molecule has 0 saturated carbocycles. The van der Waals surface area contributed by atoms with Crippen molar-refractivity contribution in [2.24, 2.45) is 11.8 Å². The Labute approximate surface area is 401 Å². The highest BCUT2D eigenvalue weighted by molar-refractivity contribution is 7.91. The summed E-state index contributed by atoms with van der Waals surface area (Å²) in [6.45, 7) is 36.0. The SMILES string of the molecule is C=C1C[C@H](CCC2OCCO2)O[C@H]1CC[C@H](C[C@H](C)C(=C)[C@H](O)C[C@@H]1O[C@H](CC(CO[Si](C)(C)C(C)(C)C)O[Si](C)(C)C(C)(C)C)[C@H](OC)[C@H]1CS(=O)(=O)c1ccc(C)cc1)OS(C)(=O)=O. The molecule has 13 nitrogen and oxygen atoms in total. The van der Waals surface area contributed by atoms with Gasteiger partial charge in [0.15, 0.2) is 32.8 Å². The fraction of sp³-hybridized carbons (Fsp3) is 0.796. The summed E-state index contributed by atoms with van der Waals surface area (Å²) in [5, 5.41) is 11.9. The molecule has 0 bridgehead atoms. The molecule has 3 heterocycles. The van der Waals surface area contributed by atoms with Gasteiger partial charge >= 0.3 is 0 Å². The van der Waals surface area contributed by atoms with Crippen molar-refractivity contribution in [2.45, 2.75) is 203 Å². The summed E-state index contributed by atoms with van der Waals surface area (Å²) in [4.78, 5) is 0.206. The second-order valence-corrected chi connectivity index (χ2v) is 35.5. The van der Waals surface area contributed by atoms with Gasteiger partial charge in [0.05, 0.1) is 85.6 Å². The number of aryl methyl sites for hydroxylation is 1. The maximum Gasteiger partial charge on any atom is 0.264 e. The van der Waals surface area contributed by atoms with Crippen LogP contribution in [0.15, 0.2) is 53.5 Å². The standard InChI is InChI=1S/C49H86O13S2Si2/c1-33-17-21-40(22-18-33)64(53,54)32-41-44(60-45(47(41)55-11)29-39(62-66(15,16)49(8,9)10)31-58-65(13,14)48(5,6)7)30-42(50)36(4)34(2)27-38(61-63(12,51)52)19-23-43-35(3)28-37(59-43)20-24-46-56-25-26-57-46/h17-18,21-22,34,37-39,41-47,50H,3-4,19-20,23-32H2,1-2,5-16H3/t34-,37-,38+,39?,41-,42+,43-,44-,45+,47+/m0/s1. The lowest BCUT2D eigenvalue weighted by Gasteiger charge is -2.42. The van der Waals surface area contributed by atoms with E-state index < -0.39 is 73.0 Å². The van der Waals surface area contributed by atoms with E-state index >= 15 is 0 Å². The molecular formula is C49H86O13S2Si2. The summed E-state index contributed by atoms with van der Waals surface area (Å²) in [5.74, 6) is -1.29. The van der Waals surface area contributed by atoms with Gasteiger partial charge in [-0.2, -0.15) is 8.42 Å². The summed E-state index contributed by atoms with van der Waals surface area (Å²) >= 11 is 0. The minimum atomic E-state index is -3.83. The molecular weight excluding hydrogens is 917 g/mol. The highest BCUT2D eigenvalue weighted by Crippen LogP contribution is 2.43. The summed E-state index contributed by atoms with van der Waals surface area (Å²) < 4.78 is 103. The Hall–Kier alpha value is -1.33. The Morgan fingerprint density at radius 3 is 2.05 bits per heavy atom. The van der Waals surface area contributed by atoms with E-state index in [1.165, 1.54) is 0 Å². The smallest absolute Gasteiger partial charge is 0.264 e. The minimum Gasteiger partial charge on any atom is -0.414 e. The molecule has 0 aromatic heterocycles. The highest BCUT2D eigenvalue weighted by atomic mass is 32.2. The van der Waals surface area contributed by atoms with E-state index in [1.807, 2.05) is 13.8 Å². The number of sulfone groups is 1.